The van der Waals surface area contributed by atoms with Crippen molar-refractivity contribution in [1.29, 1.82) is 0 Å². The van der Waals surface area contributed by atoms with Gasteiger partial charge in [-0.25, -0.2) is 0 Å². The number of amides is 1. The Labute approximate surface area is 114 Å². The van der Waals surface area contributed by atoms with Crippen molar-refractivity contribution >= 4 is 5.91 Å². The summed E-state index contributed by atoms with van der Waals surface area (Å²) in [6, 6.07) is 10.8. The highest BCUT2D eigenvalue weighted by molar-refractivity contribution is 5.91. The van der Waals surface area contributed by atoms with Crippen LogP contribution in [0.4, 0.5) is 0 Å². The number of nitrogens with one attached hydrogen (secondary N) is 1. The number of hydrogen-bond donors (Lipinski definition) is 1. The lowest BCUT2D eigenvalue weighted by atomic mass is 9.91. The van der Waals surface area contributed by atoms with Gasteiger partial charge in [0.1, 0.15) is 0 Å². The second kappa shape index (κ2) is 4.09. The highest BCUT2D eigenvalue weighted by atomic mass is 16.2. The molecule has 1 amide bonds. The van der Waals surface area contributed by atoms with Crippen molar-refractivity contribution in [3.05, 3.63) is 35.9 Å². The monoisotopic (exact) mass is 255 g/mol. The first-order chi connectivity index (χ1) is 9.28. The maximum atomic E-state index is 12.6. The van der Waals surface area contributed by atoms with Gasteiger partial charge in [-0.15, -0.1) is 0 Å². The van der Waals surface area contributed by atoms with Crippen LogP contribution >= 0.6 is 0 Å². The molecule has 19 heavy (non-hydrogen) atoms. The Bertz CT molecular complexity index is 491. The van der Waals surface area contributed by atoms with Crippen LogP contribution in [0.25, 0.3) is 0 Å². The molecule has 3 unspecified atom stereocenters. The molecule has 3 saturated carbocycles. The summed E-state index contributed by atoms with van der Waals surface area (Å²) in [6.45, 7) is 0. The van der Waals surface area contributed by atoms with E-state index in [1.807, 2.05) is 18.2 Å². The van der Waals surface area contributed by atoms with Crippen LogP contribution < -0.4 is 5.32 Å². The summed E-state index contributed by atoms with van der Waals surface area (Å²) in [7, 11) is 0. The third-order valence-corrected chi connectivity index (χ3v) is 5.57. The topological polar surface area (TPSA) is 29.1 Å². The van der Waals surface area contributed by atoms with E-state index >= 15 is 0 Å². The van der Waals surface area contributed by atoms with Crippen LogP contribution in [0.3, 0.4) is 0 Å². The van der Waals surface area contributed by atoms with Gasteiger partial charge >= 0.3 is 0 Å². The van der Waals surface area contributed by atoms with Gasteiger partial charge in [0.15, 0.2) is 0 Å². The van der Waals surface area contributed by atoms with Gasteiger partial charge in [-0.05, 0) is 49.5 Å². The minimum Gasteiger partial charge on any atom is -0.352 e. The molecule has 4 rings (SSSR count). The molecule has 0 aliphatic heterocycles. The molecule has 3 aliphatic carbocycles. The minimum absolute atomic E-state index is 0.191. The quantitative estimate of drug-likeness (QED) is 0.883. The Morgan fingerprint density at radius 1 is 1.11 bits per heavy atom. The fraction of sp³-hybridized carbons (Fsp3) is 0.588. The molecule has 1 aromatic rings. The normalized spacial score (nSPS) is 34.2. The molecular weight excluding hydrogens is 234 g/mol. The van der Waals surface area contributed by atoms with Gasteiger partial charge in [-0.1, -0.05) is 36.8 Å². The summed E-state index contributed by atoms with van der Waals surface area (Å²) in [5.41, 5.74) is 1.01. The largest absolute Gasteiger partial charge is 0.352 e. The molecule has 3 fully saturated rings. The summed E-state index contributed by atoms with van der Waals surface area (Å²) in [4.78, 5) is 12.6. The fourth-order valence-corrected chi connectivity index (χ4v) is 4.26. The number of fused-ring (bicyclic) bond motifs is 2. The summed E-state index contributed by atoms with van der Waals surface area (Å²) in [5, 5.41) is 3.37. The zero-order chi connectivity index (χ0) is 12.9. The average Bonchev–Trinajstić information content (AvgIpc) is 3.01. The molecule has 1 N–H and O–H groups in total. The molecule has 3 atom stereocenters. The van der Waals surface area contributed by atoms with Crippen LogP contribution in [0, 0.1) is 11.8 Å². The molecule has 100 valence electrons. The number of rotatable bonds is 3. The zero-order valence-electron chi connectivity index (χ0n) is 11.3. The van der Waals surface area contributed by atoms with E-state index in [4.69, 9.17) is 0 Å². The molecule has 1 aromatic carbocycles. The van der Waals surface area contributed by atoms with Gasteiger partial charge in [0.25, 0.3) is 0 Å². The molecule has 0 radical (unpaired) electrons. The number of benzene rings is 1. The first kappa shape index (κ1) is 11.5. The number of hydrogen-bond acceptors (Lipinski definition) is 1. The van der Waals surface area contributed by atoms with E-state index in [0.29, 0.717) is 6.04 Å². The lowest BCUT2D eigenvalue weighted by Crippen LogP contribution is -2.44. The van der Waals surface area contributed by atoms with Gasteiger partial charge in [-0.2, -0.15) is 0 Å². The summed E-state index contributed by atoms with van der Waals surface area (Å²) >= 11 is 0. The van der Waals surface area contributed by atoms with Gasteiger partial charge in [0.2, 0.25) is 5.91 Å². The standard InChI is InChI=1S/C17H21NO/c19-16(18-15-11-12-6-7-13(15)10-12)17(8-9-17)14-4-2-1-3-5-14/h1-5,12-13,15H,6-11H2,(H,18,19). The summed E-state index contributed by atoms with van der Waals surface area (Å²) in [5.74, 6) is 1.94. The first-order valence-electron chi connectivity index (χ1n) is 7.64. The van der Waals surface area contributed by atoms with Gasteiger partial charge in [0, 0.05) is 6.04 Å². The van der Waals surface area contributed by atoms with Crippen molar-refractivity contribution in [2.24, 2.45) is 11.8 Å². The number of carbonyl (C=O) groups excluding carboxylic acids is 1. The minimum atomic E-state index is -0.191. The Balaban J connectivity index is 1.49. The molecule has 0 saturated heterocycles. The molecule has 0 spiro atoms. The lowest BCUT2D eigenvalue weighted by molar-refractivity contribution is -0.124. The van der Waals surface area contributed by atoms with Crippen LogP contribution in [0.5, 0.6) is 0 Å². The van der Waals surface area contributed by atoms with Crippen LogP contribution in [-0.4, -0.2) is 11.9 Å². The molecule has 2 nitrogen and oxygen atoms in total. The third kappa shape index (κ3) is 1.80. The van der Waals surface area contributed by atoms with Crippen molar-refractivity contribution in [2.45, 2.75) is 50.0 Å². The Morgan fingerprint density at radius 3 is 2.47 bits per heavy atom. The van der Waals surface area contributed by atoms with E-state index in [1.54, 1.807) is 0 Å². The van der Waals surface area contributed by atoms with Crippen molar-refractivity contribution in [3.8, 4) is 0 Å². The predicted molar refractivity (Wildman–Crippen MR) is 74.7 cm³/mol. The SMILES string of the molecule is O=C(NC1CC2CCC1C2)C1(c2ccccc2)CC1. The predicted octanol–water partition coefficient (Wildman–Crippen LogP) is 3.02. The average molecular weight is 255 g/mol. The molecule has 3 aliphatic rings. The van der Waals surface area contributed by atoms with E-state index in [0.717, 1.165) is 24.7 Å². The molecule has 0 aromatic heterocycles. The van der Waals surface area contributed by atoms with Crippen LogP contribution in [-0.2, 0) is 10.2 Å². The van der Waals surface area contributed by atoms with Crippen molar-refractivity contribution in [2.75, 3.05) is 0 Å². The van der Waals surface area contributed by atoms with Crippen LogP contribution in [0.1, 0.15) is 44.1 Å². The summed E-state index contributed by atoms with van der Waals surface area (Å²) < 4.78 is 0. The van der Waals surface area contributed by atoms with Crippen molar-refractivity contribution in [1.82, 2.24) is 5.32 Å². The van der Waals surface area contributed by atoms with Crippen LogP contribution in [0.2, 0.25) is 0 Å². The van der Waals surface area contributed by atoms with E-state index in [9.17, 15) is 4.79 Å². The molecule has 2 heteroatoms. The maximum Gasteiger partial charge on any atom is 0.230 e. The van der Waals surface area contributed by atoms with E-state index in [1.165, 1.54) is 31.2 Å². The fourth-order valence-electron chi connectivity index (χ4n) is 4.26. The highest BCUT2D eigenvalue weighted by Crippen LogP contribution is 2.50. The second-order valence-corrected chi connectivity index (χ2v) is 6.70. The van der Waals surface area contributed by atoms with Gasteiger partial charge in [-0.3, -0.25) is 4.79 Å². The van der Waals surface area contributed by atoms with Crippen molar-refractivity contribution < 1.29 is 4.79 Å². The van der Waals surface area contributed by atoms with Crippen molar-refractivity contribution in [3.63, 3.8) is 0 Å². The highest BCUT2D eigenvalue weighted by Gasteiger charge is 2.52. The Morgan fingerprint density at radius 2 is 1.89 bits per heavy atom. The first-order valence-corrected chi connectivity index (χ1v) is 7.64. The van der Waals surface area contributed by atoms with Crippen LogP contribution in [0.15, 0.2) is 30.3 Å². The number of carbonyl (C=O) groups is 1. The Kier molecular flexibility index (Phi) is 2.48. The smallest absolute Gasteiger partial charge is 0.230 e. The van der Waals surface area contributed by atoms with Gasteiger partial charge < -0.3 is 5.32 Å². The van der Waals surface area contributed by atoms with E-state index in [-0.39, 0.29) is 11.3 Å². The zero-order valence-corrected chi connectivity index (χ0v) is 11.3. The van der Waals surface area contributed by atoms with Gasteiger partial charge in [0.05, 0.1) is 5.41 Å². The second-order valence-electron chi connectivity index (χ2n) is 6.70. The summed E-state index contributed by atoms with van der Waals surface area (Å²) in [6.07, 6.45) is 7.33. The molecule has 0 heterocycles. The maximum absolute atomic E-state index is 12.6. The third-order valence-electron chi connectivity index (χ3n) is 5.57. The molecule has 2 bridgehead atoms. The Hall–Kier alpha value is -1.31. The van der Waals surface area contributed by atoms with E-state index < -0.39 is 0 Å². The molecular formula is C17H21NO. The van der Waals surface area contributed by atoms with E-state index in [2.05, 4.69) is 17.4 Å². The lowest BCUT2D eigenvalue weighted by Gasteiger charge is -2.26.